The maximum absolute atomic E-state index is 11.9. The molecule has 0 bridgehead atoms. The van der Waals surface area contributed by atoms with E-state index in [0.717, 1.165) is 10.5 Å². The number of barbiturate groups is 1. The zero-order chi connectivity index (χ0) is 12.6. The molecule has 1 aromatic rings. The van der Waals surface area contributed by atoms with Crippen LogP contribution in [0.25, 0.3) is 0 Å². The molecule has 0 aliphatic carbocycles. The summed E-state index contributed by atoms with van der Waals surface area (Å²) < 4.78 is 0. The molecule has 0 radical (unpaired) electrons. The van der Waals surface area contributed by atoms with Gasteiger partial charge in [0.2, 0.25) is 11.8 Å². The summed E-state index contributed by atoms with van der Waals surface area (Å²) in [7, 11) is 1.35. The summed E-state index contributed by atoms with van der Waals surface area (Å²) >= 11 is 0. The predicted octanol–water partition coefficient (Wildman–Crippen LogP) is 0.787. The molecule has 88 valence electrons. The van der Waals surface area contributed by atoms with Gasteiger partial charge in [0.1, 0.15) is 5.92 Å². The highest BCUT2D eigenvalue weighted by atomic mass is 16.2. The summed E-state index contributed by atoms with van der Waals surface area (Å²) in [6.07, 6.45) is 0. The Morgan fingerprint density at radius 3 is 2.29 bits per heavy atom. The van der Waals surface area contributed by atoms with Crippen LogP contribution >= 0.6 is 0 Å². The third kappa shape index (κ3) is 1.91. The number of hydrogen-bond acceptors (Lipinski definition) is 3. The first-order chi connectivity index (χ1) is 8.00. The second-order valence-electron chi connectivity index (χ2n) is 4.04. The number of hydrogen-bond donors (Lipinski definition) is 1. The summed E-state index contributed by atoms with van der Waals surface area (Å²) in [4.78, 5) is 35.7. The number of nitrogens with one attached hydrogen (secondary N) is 1. The Balaban J connectivity index is 2.37. The molecule has 1 heterocycles. The Morgan fingerprint density at radius 2 is 1.71 bits per heavy atom. The van der Waals surface area contributed by atoms with E-state index < -0.39 is 23.8 Å². The summed E-state index contributed by atoms with van der Waals surface area (Å²) in [5.41, 5.74) is 1.64. The van der Waals surface area contributed by atoms with Crippen LogP contribution < -0.4 is 5.32 Å². The molecular formula is C12H12N2O3. The number of benzene rings is 1. The maximum Gasteiger partial charge on any atom is 0.330 e. The zero-order valence-corrected chi connectivity index (χ0v) is 9.56. The molecule has 0 spiro atoms. The SMILES string of the molecule is Cc1ccc(C2C(=O)NC(=O)N(C)C2=O)cc1. The van der Waals surface area contributed by atoms with Gasteiger partial charge in [-0.2, -0.15) is 0 Å². The second-order valence-corrected chi connectivity index (χ2v) is 4.04. The van der Waals surface area contributed by atoms with Gasteiger partial charge in [0.05, 0.1) is 0 Å². The second kappa shape index (κ2) is 4.01. The van der Waals surface area contributed by atoms with Crippen molar-refractivity contribution in [1.29, 1.82) is 0 Å². The van der Waals surface area contributed by atoms with Gasteiger partial charge in [0.25, 0.3) is 0 Å². The van der Waals surface area contributed by atoms with Crippen molar-refractivity contribution < 1.29 is 14.4 Å². The number of imide groups is 2. The van der Waals surface area contributed by atoms with E-state index in [2.05, 4.69) is 5.32 Å². The van der Waals surface area contributed by atoms with Gasteiger partial charge in [-0.3, -0.25) is 19.8 Å². The lowest BCUT2D eigenvalue weighted by Gasteiger charge is -2.27. The fourth-order valence-corrected chi connectivity index (χ4v) is 1.72. The van der Waals surface area contributed by atoms with Gasteiger partial charge in [-0.15, -0.1) is 0 Å². The van der Waals surface area contributed by atoms with E-state index in [1.165, 1.54) is 7.05 Å². The third-order valence-corrected chi connectivity index (χ3v) is 2.79. The first-order valence-corrected chi connectivity index (χ1v) is 5.19. The van der Waals surface area contributed by atoms with Crippen molar-refractivity contribution in [2.45, 2.75) is 12.8 Å². The molecule has 1 fully saturated rings. The molecule has 1 atom stereocenters. The molecule has 0 saturated carbocycles. The Morgan fingerprint density at radius 1 is 1.12 bits per heavy atom. The molecule has 1 aromatic carbocycles. The van der Waals surface area contributed by atoms with Crippen LogP contribution in [0.1, 0.15) is 17.0 Å². The highest BCUT2D eigenvalue weighted by Crippen LogP contribution is 2.22. The number of aryl methyl sites for hydroxylation is 1. The van der Waals surface area contributed by atoms with Crippen molar-refractivity contribution >= 4 is 17.8 Å². The highest BCUT2D eigenvalue weighted by Gasteiger charge is 2.39. The number of nitrogens with zero attached hydrogens (tertiary/aromatic N) is 1. The lowest BCUT2D eigenvalue weighted by Crippen LogP contribution is -2.55. The summed E-state index contributed by atoms with van der Waals surface area (Å²) in [5.74, 6) is -2.00. The quantitative estimate of drug-likeness (QED) is 0.728. The Labute approximate surface area is 98.4 Å². The van der Waals surface area contributed by atoms with E-state index in [-0.39, 0.29) is 0 Å². The van der Waals surface area contributed by atoms with Crippen molar-refractivity contribution in [3.05, 3.63) is 35.4 Å². The molecular weight excluding hydrogens is 220 g/mol. The Bertz CT molecular complexity index is 493. The van der Waals surface area contributed by atoms with Gasteiger partial charge in [-0.1, -0.05) is 29.8 Å². The van der Waals surface area contributed by atoms with Crippen LogP contribution in [0.5, 0.6) is 0 Å². The number of rotatable bonds is 1. The number of urea groups is 1. The number of carbonyl (C=O) groups excluding carboxylic acids is 3. The van der Waals surface area contributed by atoms with Gasteiger partial charge < -0.3 is 0 Å². The molecule has 1 aliphatic rings. The van der Waals surface area contributed by atoms with Crippen molar-refractivity contribution in [3.63, 3.8) is 0 Å². The van der Waals surface area contributed by atoms with E-state index in [0.29, 0.717) is 5.56 Å². The number of carbonyl (C=O) groups is 3. The largest absolute Gasteiger partial charge is 0.330 e. The minimum absolute atomic E-state index is 0.498. The molecule has 17 heavy (non-hydrogen) atoms. The van der Waals surface area contributed by atoms with Crippen LogP contribution in [-0.2, 0) is 9.59 Å². The smallest absolute Gasteiger partial charge is 0.277 e. The van der Waals surface area contributed by atoms with Crippen LogP contribution in [0, 0.1) is 6.92 Å². The molecule has 1 unspecified atom stereocenters. The average molecular weight is 232 g/mol. The van der Waals surface area contributed by atoms with Crippen LogP contribution in [0.4, 0.5) is 4.79 Å². The van der Waals surface area contributed by atoms with Gasteiger partial charge in [0.15, 0.2) is 0 Å². The topological polar surface area (TPSA) is 66.5 Å². The lowest BCUT2D eigenvalue weighted by molar-refractivity contribution is -0.137. The fourth-order valence-electron chi connectivity index (χ4n) is 1.72. The van der Waals surface area contributed by atoms with E-state index in [1.54, 1.807) is 12.1 Å². The monoisotopic (exact) mass is 232 g/mol. The fraction of sp³-hybridized carbons (Fsp3) is 0.250. The van der Waals surface area contributed by atoms with E-state index in [4.69, 9.17) is 0 Å². The normalized spacial score (nSPS) is 20.5. The van der Waals surface area contributed by atoms with Gasteiger partial charge >= 0.3 is 6.03 Å². The molecule has 1 saturated heterocycles. The summed E-state index contributed by atoms with van der Waals surface area (Å²) in [6.45, 7) is 1.92. The molecule has 2 rings (SSSR count). The van der Waals surface area contributed by atoms with Gasteiger partial charge in [-0.05, 0) is 12.5 Å². The third-order valence-electron chi connectivity index (χ3n) is 2.79. The first-order valence-electron chi connectivity index (χ1n) is 5.19. The van der Waals surface area contributed by atoms with Gasteiger partial charge in [0, 0.05) is 7.05 Å². The molecule has 5 heteroatoms. The van der Waals surface area contributed by atoms with Gasteiger partial charge in [-0.25, -0.2) is 4.79 Å². The van der Waals surface area contributed by atoms with Crippen LogP contribution in [0.3, 0.4) is 0 Å². The number of amides is 4. The van der Waals surface area contributed by atoms with Crippen LogP contribution in [0.15, 0.2) is 24.3 Å². The molecule has 1 N–H and O–H groups in total. The molecule has 4 amide bonds. The van der Waals surface area contributed by atoms with Crippen molar-refractivity contribution in [3.8, 4) is 0 Å². The Hall–Kier alpha value is -2.17. The lowest BCUT2D eigenvalue weighted by atomic mass is 9.94. The first kappa shape index (κ1) is 11.3. The predicted molar refractivity (Wildman–Crippen MR) is 60.2 cm³/mol. The van der Waals surface area contributed by atoms with Crippen molar-refractivity contribution in [2.75, 3.05) is 7.05 Å². The van der Waals surface area contributed by atoms with Crippen molar-refractivity contribution in [2.24, 2.45) is 0 Å². The van der Waals surface area contributed by atoms with E-state index in [1.807, 2.05) is 19.1 Å². The standard InChI is InChI=1S/C12H12N2O3/c1-7-3-5-8(6-4-7)9-10(15)13-12(17)14(2)11(9)16/h3-6,9H,1-2H3,(H,13,15,17). The zero-order valence-electron chi connectivity index (χ0n) is 9.56. The minimum atomic E-state index is -0.932. The minimum Gasteiger partial charge on any atom is -0.277 e. The van der Waals surface area contributed by atoms with Crippen LogP contribution in [0.2, 0.25) is 0 Å². The number of likely N-dealkylation sites (N-methyl/N-ethyl adjacent to an activating group) is 1. The summed E-state index contributed by atoms with van der Waals surface area (Å²) in [5, 5.41) is 2.15. The summed E-state index contributed by atoms with van der Waals surface area (Å²) in [6, 6.07) is 6.42. The van der Waals surface area contributed by atoms with E-state index in [9.17, 15) is 14.4 Å². The van der Waals surface area contributed by atoms with Crippen LogP contribution in [-0.4, -0.2) is 29.8 Å². The molecule has 0 aromatic heterocycles. The van der Waals surface area contributed by atoms with Crippen molar-refractivity contribution in [1.82, 2.24) is 10.2 Å². The van der Waals surface area contributed by atoms with E-state index >= 15 is 0 Å². The highest BCUT2D eigenvalue weighted by molar-refractivity contribution is 6.19. The maximum atomic E-state index is 11.9. The average Bonchev–Trinajstić information content (AvgIpc) is 2.29. The molecule has 5 nitrogen and oxygen atoms in total. The Kier molecular flexibility index (Phi) is 2.67. The molecule has 1 aliphatic heterocycles.